The van der Waals surface area contributed by atoms with Gasteiger partial charge in [0.25, 0.3) is 5.56 Å². The van der Waals surface area contributed by atoms with E-state index in [4.69, 9.17) is 5.73 Å². The lowest BCUT2D eigenvalue weighted by Gasteiger charge is -2.08. The Morgan fingerprint density at radius 1 is 1.00 bits per heavy atom. The number of nitrogens with zero attached hydrogens (tertiary/aromatic N) is 2. The van der Waals surface area contributed by atoms with Crippen molar-refractivity contribution in [2.45, 2.75) is 19.8 Å². The van der Waals surface area contributed by atoms with Crippen molar-refractivity contribution < 1.29 is 0 Å². The summed E-state index contributed by atoms with van der Waals surface area (Å²) >= 11 is 0. The molecule has 0 atom stereocenters. The summed E-state index contributed by atoms with van der Waals surface area (Å²) in [6.07, 6.45) is 1.51. The third-order valence-electron chi connectivity index (χ3n) is 4.17. The molecule has 0 unspecified atom stereocenters. The molecule has 3 rings (SSSR count). The van der Waals surface area contributed by atoms with Crippen molar-refractivity contribution in [3.63, 3.8) is 0 Å². The van der Waals surface area contributed by atoms with E-state index in [0.717, 1.165) is 12.1 Å². The van der Waals surface area contributed by atoms with E-state index in [1.165, 1.54) is 26.8 Å². The molecule has 0 aliphatic rings. The predicted molar refractivity (Wildman–Crippen MR) is 97.9 cm³/mol. The number of benzene rings is 2. The summed E-state index contributed by atoms with van der Waals surface area (Å²) in [5, 5.41) is 0. The third kappa shape index (κ3) is 3.54. The average Bonchev–Trinajstić information content (AvgIpc) is 2.58. The van der Waals surface area contributed by atoms with E-state index in [2.05, 4.69) is 60.4 Å². The van der Waals surface area contributed by atoms with Crippen LogP contribution in [0.3, 0.4) is 0 Å². The van der Waals surface area contributed by atoms with Crippen LogP contribution < -0.4 is 11.3 Å². The zero-order chi connectivity index (χ0) is 17.1. The normalized spacial score (nSPS) is 10.8. The first-order valence-electron chi connectivity index (χ1n) is 8.01. The third-order valence-corrected chi connectivity index (χ3v) is 4.17. The van der Waals surface area contributed by atoms with Crippen molar-refractivity contribution in [1.82, 2.24) is 9.55 Å². The van der Waals surface area contributed by atoms with E-state index in [-0.39, 0.29) is 11.5 Å². The highest BCUT2D eigenvalue weighted by Gasteiger charge is 2.05. The molecule has 1 aromatic heterocycles. The Bertz CT molecular complexity index is 928. The molecule has 0 saturated carbocycles. The molecular formula is C20H21N3O. The SMILES string of the molecule is Cc1cccc(-c2cccc(CCc3cc(=O)n(C)c(N)n3)c2)c1. The van der Waals surface area contributed by atoms with Gasteiger partial charge in [-0.05, 0) is 36.5 Å². The molecular weight excluding hydrogens is 298 g/mol. The highest BCUT2D eigenvalue weighted by molar-refractivity contribution is 5.64. The summed E-state index contributed by atoms with van der Waals surface area (Å²) in [4.78, 5) is 16.1. The van der Waals surface area contributed by atoms with E-state index in [9.17, 15) is 4.79 Å². The fourth-order valence-corrected chi connectivity index (χ4v) is 2.74. The maximum atomic E-state index is 11.8. The molecule has 0 spiro atoms. The van der Waals surface area contributed by atoms with Gasteiger partial charge in [0, 0.05) is 13.1 Å². The molecule has 0 aliphatic carbocycles. The van der Waals surface area contributed by atoms with Gasteiger partial charge in [-0.25, -0.2) is 4.98 Å². The van der Waals surface area contributed by atoms with Gasteiger partial charge in [0.15, 0.2) is 0 Å². The lowest BCUT2D eigenvalue weighted by molar-refractivity contribution is 0.806. The Morgan fingerprint density at radius 3 is 2.42 bits per heavy atom. The minimum Gasteiger partial charge on any atom is -0.369 e. The second-order valence-electron chi connectivity index (χ2n) is 6.07. The minimum absolute atomic E-state index is 0.119. The van der Waals surface area contributed by atoms with Gasteiger partial charge in [0.05, 0.1) is 5.69 Å². The first-order valence-corrected chi connectivity index (χ1v) is 8.01. The molecule has 0 radical (unpaired) electrons. The van der Waals surface area contributed by atoms with Crippen molar-refractivity contribution in [3.8, 4) is 11.1 Å². The van der Waals surface area contributed by atoms with Crippen molar-refractivity contribution in [3.05, 3.63) is 81.8 Å². The Kier molecular flexibility index (Phi) is 4.47. The maximum absolute atomic E-state index is 11.8. The molecule has 0 aliphatic heterocycles. The Hall–Kier alpha value is -2.88. The van der Waals surface area contributed by atoms with Crippen LogP contribution in [0.4, 0.5) is 5.95 Å². The number of anilines is 1. The molecule has 4 nitrogen and oxygen atoms in total. The molecule has 122 valence electrons. The number of rotatable bonds is 4. The summed E-state index contributed by atoms with van der Waals surface area (Å²) in [5.41, 5.74) is 11.3. The van der Waals surface area contributed by atoms with Crippen LogP contribution in [0.25, 0.3) is 11.1 Å². The Balaban J connectivity index is 1.79. The maximum Gasteiger partial charge on any atom is 0.254 e. The first kappa shape index (κ1) is 16.0. The van der Waals surface area contributed by atoms with Crippen LogP contribution in [-0.4, -0.2) is 9.55 Å². The van der Waals surface area contributed by atoms with Crippen LogP contribution in [0.1, 0.15) is 16.8 Å². The summed E-state index contributed by atoms with van der Waals surface area (Å²) in [6.45, 7) is 2.10. The second-order valence-corrected chi connectivity index (χ2v) is 6.07. The average molecular weight is 319 g/mol. The number of hydrogen-bond acceptors (Lipinski definition) is 3. The van der Waals surface area contributed by atoms with Crippen LogP contribution in [-0.2, 0) is 19.9 Å². The van der Waals surface area contributed by atoms with Gasteiger partial charge in [-0.1, -0.05) is 54.1 Å². The van der Waals surface area contributed by atoms with Crippen LogP contribution in [0.15, 0.2) is 59.4 Å². The van der Waals surface area contributed by atoms with Crippen LogP contribution >= 0.6 is 0 Å². The highest BCUT2D eigenvalue weighted by Crippen LogP contribution is 2.22. The lowest BCUT2D eigenvalue weighted by atomic mass is 9.99. The van der Waals surface area contributed by atoms with Gasteiger partial charge in [-0.2, -0.15) is 0 Å². The summed E-state index contributed by atoms with van der Waals surface area (Å²) in [5.74, 6) is 0.256. The molecule has 2 N–H and O–H groups in total. The highest BCUT2D eigenvalue weighted by atomic mass is 16.1. The second kappa shape index (κ2) is 6.71. The van der Waals surface area contributed by atoms with Crippen molar-refractivity contribution >= 4 is 5.95 Å². The minimum atomic E-state index is -0.119. The van der Waals surface area contributed by atoms with Crippen LogP contribution in [0.2, 0.25) is 0 Å². The summed E-state index contributed by atoms with van der Waals surface area (Å²) < 4.78 is 1.35. The Labute approximate surface area is 141 Å². The zero-order valence-electron chi connectivity index (χ0n) is 14.0. The molecule has 4 heteroatoms. The topological polar surface area (TPSA) is 60.9 Å². The molecule has 0 bridgehead atoms. The van der Waals surface area contributed by atoms with Gasteiger partial charge in [-0.15, -0.1) is 0 Å². The molecule has 0 fully saturated rings. The predicted octanol–water partition coefficient (Wildman–Crippen LogP) is 3.12. The van der Waals surface area contributed by atoms with Gasteiger partial charge in [0.2, 0.25) is 5.95 Å². The zero-order valence-corrected chi connectivity index (χ0v) is 14.0. The Morgan fingerprint density at radius 2 is 1.71 bits per heavy atom. The van der Waals surface area contributed by atoms with Crippen molar-refractivity contribution in [2.24, 2.45) is 7.05 Å². The van der Waals surface area contributed by atoms with Crippen LogP contribution in [0.5, 0.6) is 0 Å². The largest absolute Gasteiger partial charge is 0.369 e. The number of aromatic nitrogens is 2. The molecule has 2 aromatic carbocycles. The number of hydrogen-bond donors (Lipinski definition) is 1. The van der Waals surface area contributed by atoms with E-state index >= 15 is 0 Å². The number of nitrogen functional groups attached to an aromatic ring is 1. The van der Waals surface area contributed by atoms with Crippen molar-refractivity contribution in [1.29, 1.82) is 0 Å². The summed E-state index contributed by atoms with van der Waals surface area (Å²) in [7, 11) is 1.62. The van der Waals surface area contributed by atoms with E-state index in [1.54, 1.807) is 13.1 Å². The monoisotopic (exact) mass is 319 g/mol. The van der Waals surface area contributed by atoms with E-state index in [1.807, 2.05) is 0 Å². The molecule has 1 heterocycles. The molecule has 0 amide bonds. The molecule has 0 saturated heterocycles. The first-order chi connectivity index (χ1) is 11.5. The van der Waals surface area contributed by atoms with Gasteiger partial charge < -0.3 is 5.73 Å². The van der Waals surface area contributed by atoms with E-state index in [0.29, 0.717) is 6.42 Å². The van der Waals surface area contributed by atoms with Crippen molar-refractivity contribution in [2.75, 3.05) is 5.73 Å². The molecule has 24 heavy (non-hydrogen) atoms. The number of aryl methyl sites for hydroxylation is 3. The van der Waals surface area contributed by atoms with E-state index < -0.39 is 0 Å². The fraction of sp³-hybridized carbons (Fsp3) is 0.200. The number of nitrogens with two attached hydrogens (primary N) is 1. The van der Waals surface area contributed by atoms with Gasteiger partial charge in [0.1, 0.15) is 0 Å². The van der Waals surface area contributed by atoms with Crippen LogP contribution in [0, 0.1) is 6.92 Å². The fourth-order valence-electron chi connectivity index (χ4n) is 2.74. The summed E-state index contributed by atoms with van der Waals surface area (Å²) in [6, 6.07) is 18.5. The standard InChI is InChI=1S/C20H21N3O/c1-14-5-3-7-16(11-14)17-8-4-6-15(12-17)9-10-18-13-19(24)23(2)20(21)22-18/h3-8,11-13H,9-10H2,1-2H3,(H2,21,22). The molecule has 3 aromatic rings. The lowest BCUT2D eigenvalue weighted by Crippen LogP contribution is -2.21. The smallest absolute Gasteiger partial charge is 0.254 e. The quantitative estimate of drug-likeness (QED) is 0.803. The van der Waals surface area contributed by atoms with Gasteiger partial charge in [-0.3, -0.25) is 9.36 Å². The van der Waals surface area contributed by atoms with Gasteiger partial charge >= 0.3 is 0 Å².